The zero-order chi connectivity index (χ0) is 9.26. The van der Waals surface area contributed by atoms with Crippen molar-refractivity contribution < 1.29 is 0 Å². The summed E-state index contributed by atoms with van der Waals surface area (Å²) in [5, 5.41) is 4.33. The minimum Gasteiger partial charge on any atom is -0.271 e. The standard InChI is InChI=1S/C8H13BrN4/c9-8-6(4-11-10)5-12-13(8)7-2-1-3-7/h5,7,11H,1-4,10H2. The maximum Gasteiger partial charge on any atom is 0.108 e. The van der Waals surface area contributed by atoms with Gasteiger partial charge in [0, 0.05) is 12.1 Å². The number of hydrazine groups is 1. The molecule has 1 fully saturated rings. The van der Waals surface area contributed by atoms with Gasteiger partial charge in [-0.2, -0.15) is 5.10 Å². The van der Waals surface area contributed by atoms with E-state index >= 15 is 0 Å². The normalized spacial score (nSPS) is 17.4. The highest BCUT2D eigenvalue weighted by Gasteiger charge is 2.22. The van der Waals surface area contributed by atoms with E-state index in [4.69, 9.17) is 5.84 Å². The first-order valence-electron chi connectivity index (χ1n) is 4.48. The summed E-state index contributed by atoms with van der Waals surface area (Å²) in [4.78, 5) is 0. The summed E-state index contributed by atoms with van der Waals surface area (Å²) in [6.45, 7) is 0.660. The van der Waals surface area contributed by atoms with Crippen molar-refractivity contribution in [2.24, 2.45) is 5.84 Å². The number of hydrogen-bond acceptors (Lipinski definition) is 3. The van der Waals surface area contributed by atoms with Gasteiger partial charge in [0.25, 0.3) is 0 Å². The van der Waals surface area contributed by atoms with E-state index in [1.54, 1.807) is 0 Å². The molecule has 1 aliphatic rings. The fourth-order valence-electron chi connectivity index (χ4n) is 1.50. The van der Waals surface area contributed by atoms with Crippen molar-refractivity contribution in [1.29, 1.82) is 0 Å². The van der Waals surface area contributed by atoms with Gasteiger partial charge in [0.15, 0.2) is 0 Å². The lowest BCUT2D eigenvalue weighted by molar-refractivity contribution is 0.284. The molecule has 4 nitrogen and oxygen atoms in total. The molecular formula is C8H13BrN4. The Kier molecular flexibility index (Phi) is 2.66. The van der Waals surface area contributed by atoms with Gasteiger partial charge in [0.2, 0.25) is 0 Å². The van der Waals surface area contributed by atoms with E-state index < -0.39 is 0 Å². The van der Waals surface area contributed by atoms with Crippen molar-refractivity contribution in [3.8, 4) is 0 Å². The second-order valence-corrected chi connectivity index (χ2v) is 4.12. The summed E-state index contributed by atoms with van der Waals surface area (Å²) in [6.07, 6.45) is 5.68. The lowest BCUT2D eigenvalue weighted by Crippen LogP contribution is -2.21. The van der Waals surface area contributed by atoms with Gasteiger partial charge in [-0.1, -0.05) is 0 Å². The highest BCUT2D eigenvalue weighted by molar-refractivity contribution is 9.10. The molecule has 72 valence electrons. The average Bonchev–Trinajstić information content (AvgIpc) is 2.34. The van der Waals surface area contributed by atoms with Crippen molar-refractivity contribution >= 4 is 15.9 Å². The Balaban J connectivity index is 2.17. The van der Waals surface area contributed by atoms with Gasteiger partial charge in [-0.25, -0.2) is 0 Å². The topological polar surface area (TPSA) is 55.9 Å². The van der Waals surface area contributed by atoms with Crippen LogP contribution in [0.5, 0.6) is 0 Å². The van der Waals surface area contributed by atoms with Crippen molar-refractivity contribution in [3.63, 3.8) is 0 Å². The Labute approximate surface area is 85.6 Å². The maximum atomic E-state index is 5.25. The van der Waals surface area contributed by atoms with Gasteiger partial charge >= 0.3 is 0 Å². The number of nitrogens with one attached hydrogen (secondary N) is 1. The second kappa shape index (κ2) is 3.77. The molecule has 1 heterocycles. The molecule has 0 spiro atoms. The Hall–Kier alpha value is -0.390. The number of aromatic nitrogens is 2. The zero-order valence-corrected chi connectivity index (χ0v) is 8.92. The first kappa shape index (κ1) is 9.18. The molecule has 1 aromatic heterocycles. The number of hydrogen-bond donors (Lipinski definition) is 2. The molecule has 0 aliphatic heterocycles. The van der Waals surface area contributed by atoms with Gasteiger partial charge < -0.3 is 0 Å². The highest BCUT2D eigenvalue weighted by atomic mass is 79.9. The monoisotopic (exact) mass is 244 g/mol. The third kappa shape index (κ3) is 1.63. The SMILES string of the molecule is NNCc1cnn(C2CCC2)c1Br. The smallest absolute Gasteiger partial charge is 0.108 e. The summed E-state index contributed by atoms with van der Waals surface area (Å²) in [7, 11) is 0. The molecule has 0 radical (unpaired) electrons. The van der Waals surface area contributed by atoms with Gasteiger partial charge in [-0.3, -0.25) is 16.0 Å². The van der Waals surface area contributed by atoms with Gasteiger partial charge in [-0.15, -0.1) is 0 Å². The quantitative estimate of drug-likeness (QED) is 0.624. The summed E-state index contributed by atoms with van der Waals surface area (Å²) in [5.74, 6) is 5.25. The average molecular weight is 245 g/mol. The zero-order valence-electron chi connectivity index (χ0n) is 7.33. The third-order valence-electron chi connectivity index (χ3n) is 2.52. The van der Waals surface area contributed by atoms with Crippen molar-refractivity contribution in [2.75, 3.05) is 0 Å². The van der Waals surface area contributed by atoms with Crippen LogP contribution in [-0.2, 0) is 6.54 Å². The highest BCUT2D eigenvalue weighted by Crippen LogP contribution is 2.34. The van der Waals surface area contributed by atoms with Crippen LogP contribution in [0.15, 0.2) is 10.8 Å². The Morgan fingerprint density at radius 3 is 3.00 bits per heavy atom. The Bertz CT molecular complexity index is 292. The van der Waals surface area contributed by atoms with Crippen LogP contribution >= 0.6 is 15.9 Å². The van der Waals surface area contributed by atoms with Crippen LogP contribution in [-0.4, -0.2) is 9.78 Å². The summed E-state index contributed by atoms with van der Waals surface area (Å²) in [5.41, 5.74) is 3.75. The number of nitrogens with two attached hydrogens (primary N) is 1. The Morgan fingerprint density at radius 1 is 1.69 bits per heavy atom. The molecule has 0 atom stereocenters. The molecule has 2 rings (SSSR count). The molecule has 0 saturated heterocycles. The van der Waals surface area contributed by atoms with E-state index in [0.717, 1.165) is 10.2 Å². The summed E-state index contributed by atoms with van der Waals surface area (Å²) < 4.78 is 3.12. The van der Waals surface area contributed by atoms with Crippen LogP contribution in [0.2, 0.25) is 0 Å². The summed E-state index contributed by atoms with van der Waals surface area (Å²) >= 11 is 3.53. The molecule has 0 bridgehead atoms. The van der Waals surface area contributed by atoms with Crippen LogP contribution in [0, 0.1) is 0 Å². The minimum absolute atomic E-state index is 0.598. The van der Waals surface area contributed by atoms with E-state index in [9.17, 15) is 0 Å². The van der Waals surface area contributed by atoms with Crippen LogP contribution < -0.4 is 11.3 Å². The fourth-order valence-corrected chi connectivity index (χ4v) is 2.12. The van der Waals surface area contributed by atoms with Crippen molar-refractivity contribution in [3.05, 3.63) is 16.4 Å². The predicted molar refractivity (Wildman–Crippen MR) is 53.8 cm³/mol. The summed E-state index contributed by atoms with van der Waals surface area (Å²) in [6, 6.07) is 0.598. The Morgan fingerprint density at radius 2 is 2.46 bits per heavy atom. The van der Waals surface area contributed by atoms with Gasteiger partial charge in [-0.05, 0) is 35.2 Å². The number of halogens is 1. The predicted octanol–water partition coefficient (Wildman–Crippen LogP) is 1.33. The number of rotatable bonds is 3. The molecule has 1 aliphatic carbocycles. The molecule has 1 saturated carbocycles. The van der Waals surface area contributed by atoms with E-state index in [1.165, 1.54) is 19.3 Å². The molecular weight excluding hydrogens is 232 g/mol. The van der Waals surface area contributed by atoms with Crippen LogP contribution in [0.3, 0.4) is 0 Å². The molecule has 0 aromatic carbocycles. The van der Waals surface area contributed by atoms with Crippen LogP contribution in [0.4, 0.5) is 0 Å². The van der Waals surface area contributed by atoms with Crippen molar-refractivity contribution in [2.45, 2.75) is 31.8 Å². The largest absolute Gasteiger partial charge is 0.271 e. The first-order valence-corrected chi connectivity index (χ1v) is 5.27. The van der Waals surface area contributed by atoms with Gasteiger partial charge in [0.05, 0.1) is 12.2 Å². The minimum atomic E-state index is 0.598. The van der Waals surface area contributed by atoms with Crippen molar-refractivity contribution in [1.82, 2.24) is 15.2 Å². The number of nitrogens with zero attached hydrogens (tertiary/aromatic N) is 2. The molecule has 5 heteroatoms. The first-order chi connectivity index (χ1) is 6.33. The third-order valence-corrected chi connectivity index (χ3v) is 3.39. The van der Waals surface area contributed by atoms with E-state index in [1.807, 2.05) is 6.20 Å². The second-order valence-electron chi connectivity index (χ2n) is 3.37. The molecule has 0 unspecified atom stereocenters. The molecule has 3 N–H and O–H groups in total. The van der Waals surface area contributed by atoms with E-state index in [0.29, 0.717) is 12.6 Å². The van der Waals surface area contributed by atoms with Gasteiger partial charge in [0.1, 0.15) is 4.60 Å². The van der Waals surface area contributed by atoms with E-state index in [-0.39, 0.29) is 0 Å². The van der Waals surface area contributed by atoms with Crippen LogP contribution in [0.25, 0.3) is 0 Å². The van der Waals surface area contributed by atoms with E-state index in [2.05, 4.69) is 31.1 Å². The lowest BCUT2D eigenvalue weighted by Gasteiger charge is -2.26. The lowest BCUT2D eigenvalue weighted by atomic mass is 9.93. The molecule has 0 amide bonds. The fraction of sp³-hybridized carbons (Fsp3) is 0.625. The molecule has 1 aromatic rings. The molecule has 13 heavy (non-hydrogen) atoms. The van der Waals surface area contributed by atoms with Crippen LogP contribution in [0.1, 0.15) is 30.9 Å². The maximum absolute atomic E-state index is 5.25.